The first kappa shape index (κ1) is 14.1. The number of benzene rings is 1. The molecule has 0 amide bonds. The number of aromatic nitrogens is 2. The van der Waals surface area contributed by atoms with Crippen LogP contribution in [0.3, 0.4) is 0 Å². The first-order valence-corrected chi connectivity index (χ1v) is 6.55. The summed E-state index contributed by atoms with van der Waals surface area (Å²) in [5, 5.41) is 3.18. The SMILES string of the molecule is CCNc1ncnc(OCc2cccc(OC)c2)c1C. The van der Waals surface area contributed by atoms with Crippen LogP contribution in [0, 0.1) is 6.92 Å². The predicted octanol–water partition coefficient (Wildman–Crippen LogP) is 2.80. The third-order valence-corrected chi connectivity index (χ3v) is 2.89. The van der Waals surface area contributed by atoms with Crippen LogP contribution in [0.4, 0.5) is 5.82 Å². The molecule has 106 valence electrons. The lowest BCUT2D eigenvalue weighted by molar-refractivity contribution is 0.290. The van der Waals surface area contributed by atoms with Crippen LogP contribution in [0.25, 0.3) is 0 Å². The maximum Gasteiger partial charge on any atom is 0.221 e. The van der Waals surface area contributed by atoms with Gasteiger partial charge in [0.25, 0.3) is 0 Å². The molecule has 0 saturated carbocycles. The van der Waals surface area contributed by atoms with Gasteiger partial charge in [-0.15, -0.1) is 0 Å². The third kappa shape index (κ3) is 3.38. The summed E-state index contributed by atoms with van der Waals surface area (Å²) in [5.74, 6) is 2.22. The van der Waals surface area contributed by atoms with Crippen LogP contribution in [0.5, 0.6) is 11.6 Å². The van der Waals surface area contributed by atoms with E-state index in [0.29, 0.717) is 12.5 Å². The summed E-state index contributed by atoms with van der Waals surface area (Å²) in [6.45, 7) is 5.23. The third-order valence-electron chi connectivity index (χ3n) is 2.89. The number of nitrogens with zero attached hydrogens (tertiary/aromatic N) is 2. The van der Waals surface area contributed by atoms with E-state index in [0.717, 1.165) is 29.2 Å². The molecule has 0 aliphatic rings. The lowest BCUT2D eigenvalue weighted by Crippen LogP contribution is -2.05. The van der Waals surface area contributed by atoms with Gasteiger partial charge in [-0.1, -0.05) is 12.1 Å². The van der Waals surface area contributed by atoms with E-state index in [1.165, 1.54) is 6.33 Å². The molecule has 2 aromatic rings. The highest BCUT2D eigenvalue weighted by molar-refractivity contribution is 5.47. The Kier molecular flexibility index (Phi) is 4.76. The largest absolute Gasteiger partial charge is 0.497 e. The van der Waals surface area contributed by atoms with Crippen LogP contribution in [0.15, 0.2) is 30.6 Å². The fourth-order valence-corrected chi connectivity index (χ4v) is 1.84. The summed E-state index contributed by atoms with van der Waals surface area (Å²) in [4.78, 5) is 8.36. The Hall–Kier alpha value is -2.30. The molecule has 20 heavy (non-hydrogen) atoms. The Bertz CT molecular complexity index is 573. The number of hydrogen-bond donors (Lipinski definition) is 1. The second-order valence-corrected chi connectivity index (χ2v) is 4.32. The minimum Gasteiger partial charge on any atom is -0.497 e. The van der Waals surface area contributed by atoms with Gasteiger partial charge in [0.2, 0.25) is 5.88 Å². The van der Waals surface area contributed by atoms with Gasteiger partial charge >= 0.3 is 0 Å². The molecule has 1 aromatic heterocycles. The summed E-state index contributed by atoms with van der Waals surface area (Å²) < 4.78 is 11.0. The van der Waals surface area contributed by atoms with Crippen LogP contribution in [0.2, 0.25) is 0 Å². The van der Waals surface area contributed by atoms with Gasteiger partial charge in [0.05, 0.1) is 12.7 Å². The van der Waals surface area contributed by atoms with Gasteiger partial charge in [-0.3, -0.25) is 0 Å². The topological polar surface area (TPSA) is 56.3 Å². The lowest BCUT2D eigenvalue weighted by atomic mass is 10.2. The molecule has 1 N–H and O–H groups in total. The molecule has 1 heterocycles. The maximum atomic E-state index is 5.76. The summed E-state index contributed by atoms with van der Waals surface area (Å²) in [5.41, 5.74) is 1.95. The minimum absolute atomic E-state index is 0.445. The van der Waals surface area contributed by atoms with Crippen LogP contribution in [-0.4, -0.2) is 23.6 Å². The van der Waals surface area contributed by atoms with E-state index in [9.17, 15) is 0 Å². The predicted molar refractivity (Wildman–Crippen MR) is 78.3 cm³/mol. The summed E-state index contributed by atoms with van der Waals surface area (Å²) in [6, 6.07) is 7.78. The van der Waals surface area contributed by atoms with Gasteiger partial charge in [-0.25, -0.2) is 9.97 Å². The average Bonchev–Trinajstić information content (AvgIpc) is 2.48. The molecule has 0 atom stereocenters. The van der Waals surface area contributed by atoms with Crippen LogP contribution < -0.4 is 14.8 Å². The lowest BCUT2D eigenvalue weighted by Gasteiger charge is -2.11. The molecule has 0 aliphatic carbocycles. The molecule has 0 unspecified atom stereocenters. The minimum atomic E-state index is 0.445. The van der Waals surface area contributed by atoms with Crippen LogP contribution in [0.1, 0.15) is 18.1 Å². The van der Waals surface area contributed by atoms with Crippen molar-refractivity contribution < 1.29 is 9.47 Å². The van der Waals surface area contributed by atoms with Gasteiger partial charge in [0, 0.05) is 6.54 Å². The van der Waals surface area contributed by atoms with Gasteiger partial charge in [0.1, 0.15) is 24.5 Å². The van der Waals surface area contributed by atoms with Crippen molar-refractivity contribution >= 4 is 5.82 Å². The van der Waals surface area contributed by atoms with E-state index in [4.69, 9.17) is 9.47 Å². The molecule has 5 nitrogen and oxygen atoms in total. The maximum absolute atomic E-state index is 5.76. The molecule has 2 rings (SSSR count). The van der Waals surface area contributed by atoms with Crippen molar-refractivity contribution in [2.75, 3.05) is 19.0 Å². The average molecular weight is 273 g/mol. The van der Waals surface area contributed by atoms with Crippen molar-refractivity contribution in [1.82, 2.24) is 9.97 Å². The quantitative estimate of drug-likeness (QED) is 0.877. The highest BCUT2D eigenvalue weighted by Crippen LogP contribution is 2.21. The molecule has 0 spiro atoms. The monoisotopic (exact) mass is 273 g/mol. The molecule has 0 aliphatic heterocycles. The standard InChI is InChI=1S/C15H19N3O2/c1-4-16-14-11(2)15(18-10-17-14)20-9-12-6-5-7-13(8-12)19-3/h5-8,10H,4,9H2,1-3H3,(H,16,17,18). The van der Waals surface area contributed by atoms with Gasteiger partial charge in [-0.05, 0) is 31.5 Å². The summed E-state index contributed by atoms with van der Waals surface area (Å²) in [7, 11) is 1.65. The van der Waals surface area contributed by atoms with E-state index in [2.05, 4.69) is 15.3 Å². The normalized spacial score (nSPS) is 10.2. The molecule has 1 aromatic carbocycles. The zero-order valence-electron chi connectivity index (χ0n) is 12.0. The molecular weight excluding hydrogens is 254 g/mol. The zero-order chi connectivity index (χ0) is 14.4. The molecular formula is C15H19N3O2. The Labute approximate surface area is 119 Å². The fraction of sp³-hybridized carbons (Fsp3) is 0.333. The van der Waals surface area contributed by atoms with Crippen molar-refractivity contribution in [2.45, 2.75) is 20.5 Å². The van der Waals surface area contributed by atoms with Crippen LogP contribution in [-0.2, 0) is 6.61 Å². The van der Waals surface area contributed by atoms with E-state index in [1.807, 2.05) is 38.1 Å². The Morgan fingerprint density at radius 1 is 1.25 bits per heavy atom. The number of rotatable bonds is 6. The molecule has 5 heteroatoms. The van der Waals surface area contributed by atoms with Gasteiger partial charge < -0.3 is 14.8 Å². The van der Waals surface area contributed by atoms with E-state index >= 15 is 0 Å². The second kappa shape index (κ2) is 6.75. The van der Waals surface area contributed by atoms with Crippen LogP contribution >= 0.6 is 0 Å². The summed E-state index contributed by atoms with van der Waals surface area (Å²) >= 11 is 0. The zero-order valence-corrected chi connectivity index (χ0v) is 12.0. The van der Waals surface area contributed by atoms with Crippen molar-refractivity contribution in [2.24, 2.45) is 0 Å². The van der Waals surface area contributed by atoms with Gasteiger partial charge in [-0.2, -0.15) is 0 Å². The molecule has 0 radical (unpaired) electrons. The Balaban J connectivity index is 2.08. The van der Waals surface area contributed by atoms with E-state index < -0.39 is 0 Å². The van der Waals surface area contributed by atoms with E-state index in [1.54, 1.807) is 7.11 Å². The second-order valence-electron chi connectivity index (χ2n) is 4.32. The molecule has 0 fully saturated rings. The number of ether oxygens (including phenoxy) is 2. The highest BCUT2D eigenvalue weighted by Gasteiger charge is 2.07. The van der Waals surface area contributed by atoms with Crippen molar-refractivity contribution in [3.63, 3.8) is 0 Å². The number of methoxy groups -OCH3 is 1. The fourth-order valence-electron chi connectivity index (χ4n) is 1.84. The smallest absolute Gasteiger partial charge is 0.221 e. The number of hydrogen-bond acceptors (Lipinski definition) is 5. The van der Waals surface area contributed by atoms with E-state index in [-0.39, 0.29) is 0 Å². The Morgan fingerprint density at radius 3 is 2.85 bits per heavy atom. The first-order chi connectivity index (χ1) is 9.74. The summed E-state index contributed by atoms with van der Waals surface area (Å²) in [6.07, 6.45) is 1.51. The number of anilines is 1. The van der Waals surface area contributed by atoms with Crippen molar-refractivity contribution in [1.29, 1.82) is 0 Å². The van der Waals surface area contributed by atoms with Crippen molar-refractivity contribution in [3.05, 3.63) is 41.7 Å². The number of nitrogens with one attached hydrogen (secondary N) is 1. The first-order valence-electron chi connectivity index (χ1n) is 6.55. The Morgan fingerprint density at radius 2 is 2.10 bits per heavy atom. The molecule has 0 saturated heterocycles. The van der Waals surface area contributed by atoms with Gasteiger partial charge in [0.15, 0.2) is 0 Å². The highest BCUT2D eigenvalue weighted by atomic mass is 16.5. The van der Waals surface area contributed by atoms with Crippen molar-refractivity contribution in [3.8, 4) is 11.6 Å². The molecule has 0 bridgehead atoms.